The minimum absolute atomic E-state index is 0. The molecule has 0 fully saturated rings. The van der Waals surface area contributed by atoms with Crippen LogP contribution in [-0.2, 0) is 11.2 Å². The molecule has 0 atom stereocenters. The number of aryl methyl sites for hydroxylation is 1. The Morgan fingerprint density at radius 2 is 1.68 bits per heavy atom. The first kappa shape index (κ1) is 26.1. The van der Waals surface area contributed by atoms with Gasteiger partial charge in [0.25, 0.3) is 0 Å². The molecule has 148 valence electrons. The zero-order chi connectivity index (χ0) is 19.7. The van der Waals surface area contributed by atoms with Crippen LogP contribution in [0.3, 0.4) is 0 Å². The van der Waals surface area contributed by atoms with E-state index in [-0.39, 0.29) is 18.9 Å². The van der Waals surface area contributed by atoms with Gasteiger partial charge in [0.1, 0.15) is 11.5 Å². The summed E-state index contributed by atoms with van der Waals surface area (Å²) in [5, 5.41) is 5.39. The number of anilines is 1. The third-order valence-corrected chi connectivity index (χ3v) is 3.67. The quantitative estimate of drug-likeness (QED) is 0.264. The molecule has 0 spiro atoms. The second-order valence-electron chi connectivity index (χ2n) is 5.66. The summed E-state index contributed by atoms with van der Waals surface area (Å²) >= 11 is 0. The van der Waals surface area contributed by atoms with Crippen molar-refractivity contribution in [3.8, 4) is 11.5 Å². The van der Waals surface area contributed by atoms with E-state index in [0.717, 1.165) is 49.5 Å². The first-order valence-electron chi connectivity index (χ1n) is 9.01. The monoisotopic (exact) mass is 376 g/mol. The molecule has 0 aromatic heterocycles. The average molecular weight is 376 g/mol. The van der Waals surface area contributed by atoms with E-state index in [2.05, 4.69) is 24.5 Å². The molecule has 0 aliphatic carbocycles. The fourth-order valence-corrected chi connectivity index (χ4v) is 2.25. The number of rotatable bonds is 11. The van der Waals surface area contributed by atoms with Crippen molar-refractivity contribution < 1.29 is 33.1 Å². The van der Waals surface area contributed by atoms with Crippen molar-refractivity contribution in [1.82, 2.24) is 5.32 Å². The molecule has 6 heteroatoms. The van der Waals surface area contributed by atoms with Gasteiger partial charge in [-0.2, -0.15) is 0 Å². The standard InChI is InChI=1S/C18H20NO3.C4H9N.Li/c1-21-17-6-4-7-18(13-17)22-12-3-2-5-15-8-10-16(11-9-15)19-14-20;1-3-5-4-2;/h4,6-11,13H,2-3,5,12H2,1H3,(H,19,20);5H,1-4H2;/q-1;-2;+1. The van der Waals surface area contributed by atoms with E-state index in [1.165, 1.54) is 5.56 Å². The predicted octanol–water partition coefficient (Wildman–Crippen LogP) is 0.824. The van der Waals surface area contributed by atoms with Crippen LogP contribution in [-0.4, -0.2) is 33.2 Å². The number of hydrogen-bond acceptors (Lipinski definition) is 4. The van der Waals surface area contributed by atoms with E-state index in [9.17, 15) is 4.79 Å². The third kappa shape index (κ3) is 11.7. The number of hydrogen-bond donors (Lipinski definition) is 2. The summed E-state index contributed by atoms with van der Waals surface area (Å²) in [6.07, 6.45) is 4.69. The predicted molar refractivity (Wildman–Crippen MR) is 111 cm³/mol. The Hall–Kier alpha value is -1.93. The summed E-state index contributed by atoms with van der Waals surface area (Å²) in [4.78, 5) is 10.2. The Balaban J connectivity index is 0.00000108. The summed E-state index contributed by atoms with van der Waals surface area (Å²) in [5.41, 5.74) is 2.01. The first-order valence-corrected chi connectivity index (χ1v) is 9.01. The molecule has 2 aromatic rings. The number of ether oxygens (including phenoxy) is 2. The molecule has 0 bridgehead atoms. The van der Waals surface area contributed by atoms with Crippen molar-refractivity contribution in [2.45, 2.75) is 19.3 Å². The fourth-order valence-electron chi connectivity index (χ4n) is 2.25. The Labute approximate surface area is 181 Å². The van der Waals surface area contributed by atoms with Crippen LogP contribution in [0.15, 0.2) is 48.5 Å². The Kier molecular flexibility index (Phi) is 16.0. The number of benzene rings is 2. The molecule has 0 heterocycles. The molecule has 0 unspecified atom stereocenters. The summed E-state index contributed by atoms with van der Waals surface area (Å²) in [5.74, 6) is 1.64. The maximum Gasteiger partial charge on any atom is 1.00 e. The van der Waals surface area contributed by atoms with E-state index in [0.29, 0.717) is 6.61 Å². The summed E-state index contributed by atoms with van der Waals surface area (Å²) in [6.45, 7) is 9.30. The van der Waals surface area contributed by atoms with Gasteiger partial charge in [-0.15, -0.1) is 30.9 Å². The van der Waals surface area contributed by atoms with Crippen molar-refractivity contribution in [1.29, 1.82) is 0 Å². The minimum Gasteiger partial charge on any atom is -0.497 e. The molecule has 0 saturated heterocycles. The zero-order valence-corrected chi connectivity index (χ0v) is 17.0. The molecule has 2 rings (SSSR count). The number of methoxy groups -OCH3 is 1. The summed E-state index contributed by atoms with van der Waals surface area (Å²) < 4.78 is 10.9. The van der Waals surface area contributed by atoms with Gasteiger partial charge in [0.15, 0.2) is 0 Å². The Bertz CT molecular complexity index is 634. The smallest absolute Gasteiger partial charge is 0.497 e. The van der Waals surface area contributed by atoms with Crippen molar-refractivity contribution in [3.05, 3.63) is 67.9 Å². The van der Waals surface area contributed by atoms with Gasteiger partial charge in [0.2, 0.25) is 0 Å². The van der Waals surface area contributed by atoms with Gasteiger partial charge in [-0.1, -0.05) is 23.8 Å². The maximum absolute atomic E-state index is 10.2. The first-order chi connectivity index (χ1) is 13.2. The molecule has 0 radical (unpaired) electrons. The molecule has 2 aromatic carbocycles. The normalized spacial score (nSPS) is 9.39. The van der Waals surface area contributed by atoms with Crippen LogP contribution < -0.4 is 39.0 Å². The average Bonchev–Trinajstić information content (AvgIpc) is 2.70. The number of carbonyl (C=O) groups excluding carboxylic acids is 1. The number of nitrogens with one attached hydrogen (secondary N) is 2. The van der Waals surface area contributed by atoms with E-state index >= 15 is 0 Å². The second-order valence-corrected chi connectivity index (χ2v) is 5.66. The van der Waals surface area contributed by atoms with E-state index in [1.54, 1.807) is 13.5 Å². The molecule has 5 nitrogen and oxygen atoms in total. The Morgan fingerprint density at radius 1 is 1.00 bits per heavy atom. The summed E-state index contributed by atoms with van der Waals surface area (Å²) in [6, 6.07) is 15.4. The molecule has 2 N–H and O–H groups in total. The van der Waals surface area contributed by atoms with Crippen LogP contribution in [0.2, 0.25) is 0 Å². The van der Waals surface area contributed by atoms with Crippen molar-refractivity contribution in [2.75, 3.05) is 32.1 Å². The van der Waals surface area contributed by atoms with E-state index in [1.807, 2.05) is 48.5 Å². The van der Waals surface area contributed by atoms with Crippen LogP contribution in [0.1, 0.15) is 18.4 Å². The van der Waals surface area contributed by atoms with Crippen LogP contribution in [0, 0.1) is 13.8 Å². The van der Waals surface area contributed by atoms with Gasteiger partial charge < -0.3 is 38.7 Å². The van der Waals surface area contributed by atoms with E-state index < -0.39 is 0 Å². The van der Waals surface area contributed by atoms with Gasteiger partial charge in [0.05, 0.1) is 20.1 Å². The second kappa shape index (κ2) is 17.2. The van der Waals surface area contributed by atoms with Gasteiger partial charge >= 0.3 is 18.9 Å². The van der Waals surface area contributed by atoms with Crippen LogP contribution in [0.5, 0.6) is 11.5 Å². The number of unbranched alkanes of at least 4 members (excludes halogenated alkanes) is 1. The van der Waals surface area contributed by atoms with E-state index in [4.69, 9.17) is 9.47 Å². The molecule has 28 heavy (non-hydrogen) atoms. The van der Waals surface area contributed by atoms with Crippen molar-refractivity contribution >= 4 is 12.1 Å². The van der Waals surface area contributed by atoms with Gasteiger partial charge in [-0.05, 0) is 31.4 Å². The number of amides is 1. The van der Waals surface area contributed by atoms with Gasteiger partial charge in [-0.25, -0.2) is 0 Å². The van der Waals surface area contributed by atoms with Gasteiger partial charge in [0, 0.05) is 6.07 Å². The molecular formula is C22H29LiN2O3-2. The van der Waals surface area contributed by atoms with Crippen LogP contribution in [0.25, 0.3) is 0 Å². The fraction of sp³-hybridized carbons (Fsp3) is 0.318. The topological polar surface area (TPSA) is 59.6 Å². The molecule has 0 aliphatic rings. The van der Waals surface area contributed by atoms with Gasteiger partial charge in [-0.3, -0.25) is 0 Å². The molecular weight excluding hydrogens is 347 g/mol. The molecule has 0 aliphatic heterocycles. The Morgan fingerprint density at radius 3 is 2.25 bits per heavy atom. The third-order valence-electron chi connectivity index (χ3n) is 3.67. The SMILES string of the molecule is COc1cccc(OCCCCc2ccc(N[C-]=O)cc2)c1.[CH2-]CNC[CH2-].[Li+]. The van der Waals surface area contributed by atoms with Crippen molar-refractivity contribution in [2.24, 2.45) is 0 Å². The van der Waals surface area contributed by atoms with Crippen LogP contribution in [0.4, 0.5) is 5.69 Å². The van der Waals surface area contributed by atoms with Crippen LogP contribution >= 0.6 is 0 Å². The minimum atomic E-state index is 0. The molecule has 1 amide bonds. The molecule has 0 saturated carbocycles. The maximum atomic E-state index is 10.2. The summed E-state index contributed by atoms with van der Waals surface area (Å²) in [7, 11) is 1.65. The largest absolute Gasteiger partial charge is 1.00 e. The zero-order valence-electron chi connectivity index (χ0n) is 17.0. The van der Waals surface area contributed by atoms with Crippen molar-refractivity contribution in [3.63, 3.8) is 0 Å².